The number of urea groups is 1. The molecule has 1 aromatic rings. The van der Waals surface area contributed by atoms with Crippen molar-refractivity contribution in [1.82, 2.24) is 16.0 Å². The summed E-state index contributed by atoms with van der Waals surface area (Å²) in [5.74, 6) is -0.329. The number of hydrogen-bond donors (Lipinski definition) is 4. The Bertz CT molecular complexity index is 609. The molecule has 0 radical (unpaired) electrons. The maximum atomic E-state index is 12.2. The van der Waals surface area contributed by atoms with Crippen molar-refractivity contribution in [3.8, 4) is 0 Å². The molecular formula is C18H26N4O3. The molecule has 0 aliphatic heterocycles. The Labute approximate surface area is 147 Å². The molecule has 0 spiro atoms. The zero-order chi connectivity index (χ0) is 18.2. The van der Waals surface area contributed by atoms with Gasteiger partial charge >= 0.3 is 6.03 Å². The molecule has 1 aliphatic carbocycles. The fraction of sp³-hybridized carbons (Fsp3) is 0.500. The number of amides is 4. The van der Waals surface area contributed by atoms with Gasteiger partial charge in [0.15, 0.2) is 0 Å². The van der Waals surface area contributed by atoms with Crippen LogP contribution >= 0.6 is 0 Å². The van der Waals surface area contributed by atoms with Crippen LogP contribution in [0.15, 0.2) is 24.3 Å². The molecule has 136 valence electrons. The first-order valence-corrected chi connectivity index (χ1v) is 8.75. The Morgan fingerprint density at radius 2 is 1.76 bits per heavy atom. The number of rotatable bonds is 6. The highest BCUT2D eigenvalue weighted by atomic mass is 16.2. The zero-order valence-electron chi connectivity index (χ0n) is 14.7. The van der Waals surface area contributed by atoms with Gasteiger partial charge in [0.1, 0.15) is 6.04 Å². The lowest BCUT2D eigenvalue weighted by molar-refractivity contribution is -0.122. The quantitative estimate of drug-likeness (QED) is 0.634. The summed E-state index contributed by atoms with van der Waals surface area (Å²) in [5, 5.41) is 10.9. The van der Waals surface area contributed by atoms with Crippen LogP contribution in [0.1, 0.15) is 49.9 Å². The Morgan fingerprint density at radius 1 is 1.12 bits per heavy atom. The van der Waals surface area contributed by atoms with Crippen molar-refractivity contribution in [3.05, 3.63) is 29.8 Å². The van der Waals surface area contributed by atoms with Gasteiger partial charge in [-0.05, 0) is 51.0 Å². The Hall–Kier alpha value is -2.57. The summed E-state index contributed by atoms with van der Waals surface area (Å²) in [6.07, 6.45) is 4.40. The fourth-order valence-corrected chi connectivity index (χ4v) is 2.80. The number of benzene rings is 1. The summed E-state index contributed by atoms with van der Waals surface area (Å²) in [4.78, 5) is 35.7. The van der Waals surface area contributed by atoms with E-state index in [1.165, 1.54) is 0 Å². The number of carbonyl (C=O) groups excluding carboxylic acids is 3. The molecule has 0 heterocycles. The van der Waals surface area contributed by atoms with Gasteiger partial charge in [-0.2, -0.15) is 0 Å². The molecule has 7 heteroatoms. The van der Waals surface area contributed by atoms with Gasteiger partial charge in [-0.3, -0.25) is 9.59 Å². The molecular weight excluding hydrogens is 320 g/mol. The molecule has 1 fully saturated rings. The first-order chi connectivity index (χ1) is 12.0. The molecule has 2 rings (SSSR count). The van der Waals surface area contributed by atoms with Gasteiger partial charge in [-0.1, -0.05) is 12.8 Å². The third-order valence-corrected chi connectivity index (χ3v) is 4.19. The van der Waals surface area contributed by atoms with Crippen molar-refractivity contribution in [2.24, 2.45) is 0 Å². The summed E-state index contributed by atoms with van der Waals surface area (Å²) in [6, 6.07) is 5.85. The number of likely N-dealkylation sites (N-methyl/N-ethyl adjacent to an activating group) is 1. The lowest BCUT2D eigenvalue weighted by Gasteiger charge is -2.14. The van der Waals surface area contributed by atoms with Crippen molar-refractivity contribution >= 4 is 23.5 Å². The molecule has 0 saturated heterocycles. The van der Waals surface area contributed by atoms with Crippen LogP contribution in [0.3, 0.4) is 0 Å². The van der Waals surface area contributed by atoms with Crippen molar-refractivity contribution in [2.75, 3.05) is 11.9 Å². The van der Waals surface area contributed by atoms with E-state index in [1.807, 2.05) is 6.92 Å². The Balaban J connectivity index is 1.83. The number of carbonyl (C=O) groups is 3. The van der Waals surface area contributed by atoms with Gasteiger partial charge in [0.2, 0.25) is 5.91 Å². The topological polar surface area (TPSA) is 99.3 Å². The number of anilines is 1. The van der Waals surface area contributed by atoms with Crippen molar-refractivity contribution in [3.63, 3.8) is 0 Å². The monoisotopic (exact) mass is 346 g/mol. The summed E-state index contributed by atoms with van der Waals surface area (Å²) in [5.41, 5.74) is 1.12. The largest absolute Gasteiger partial charge is 0.355 e. The van der Waals surface area contributed by atoms with Crippen molar-refractivity contribution in [1.29, 1.82) is 0 Å². The highest BCUT2D eigenvalue weighted by Gasteiger charge is 2.18. The van der Waals surface area contributed by atoms with Crippen molar-refractivity contribution in [2.45, 2.75) is 51.6 Å². The third kappa shape index (κ3) is 5.77. The SMILES string of the molecule is CCNC(=O)[C@H](C)NC(=O)Nc1ccc(C(=O)NC2CCCC2)cc1. The molecule has 4 amide bonds. The average Bonchev–Trinajstić information content (AvgIpc) is 3.08. The van der Waals surface area contributed by atoms with Gasteiger partial charge in [0.05, 0.1) is 0 Å². The predicted octanol–water partition coefficient (Wildman–Crippen LogP) is 2.01. The minimum absolute atomic E-state index is 0.0900. The van der Waals surface area contributed by atoms with E-state index >= 15 is 0 Å². The first kappa shape index (κ1) is 18.8. The van der Waals surface area contributed by atoms with Crippen LogP contribution < -0.4 is 21.3 Å². The Kier molecular flexibility index (Phi) is 6.80. The second-order valence-electron chi connectivity index (χ2n) is 6.25. The summed E-state index contributed by atoms with van der Waals surface area (Å²) < 4.78 is 0. The highest BCUT2D eigenvalue weighted by molar-refractivity contribution is 5.96. The lowest BCUT2D eigenvalue weighted by atomic mass is 10.1. The normalized spacial score (nSPS) is 15.3. The first-order valence-electron chi connectivity index (χ1n) is 8.75. The van der Waals surface area contributed by atoms with Crippen LogP contribution in [0, 0.1) is 0 Å². The van der Waals surface area contributed by atoms with E-state index in [2.05, 4.69) is 21.3 Å². The van der Waals surface area contributed by atoms with E-state index in [0.717, 1.165) is 25.7 Å². The fourth-order valence-electron chi connectivity index (χ4n) is 2.80. The molecule has 0 aromatic heterocycles. The summed E-state index contributed by atoms with van der Waals surface area (Å²) >= 11 is 0. The van der Waals surface area contributed by atoms with Gasteiger partial charge in [0.25, 0.3) is 5.91 Å². The van der Waals surface area contributed by atoms with Gasteiger partial charge in [-0.25, -0.2) is 4.79 Å². The standard InChI is InChI=1S/C18H26N4O3/c1-3-19-16(23)12(2)20-18(25)22-15-10-8-13(9-11-15)17(24)21-14-6-4-5-7-14/h8-12,14H,3-7H2,1-2H3,(H,19,23)(H,21,24)(H2,20,22,25)/t12-/m0/s1. The smallest absolute Gasteiger partial charge is 0.319 e. The second kappa shape index (κ2) is 9.05. The zero-order valence-corrected chi connectivity index (χ0v) is 14.7. The van der Waals surface area contributed by atoms with Crippen LogP contribution in [0.2, 0.25) is 0 Å². The molecule has 4 N–H and O–H groups in total. The van der Waals surface area contributed by atoms with Crippen LogP contribution in [0.4, 0.5) is 10.5 Å². The van der Waals surface area contributed by atoms with Gasteiger partial charge in [-0.15, -0.1) is 0 Å². The van der Waals surface area contributed by atoms with E-state index < -0.39 is 12.1 Å². The van der Waals surface area contributed by atoms with Crippen LogP contribution in [0.5, 0.6) is 0 Å². The molecule has 1 aromatic carbocycles. The van der Waals surface area contributed by atoms with Gasteiger partial charge < -0.3 is 21.3 Å². The van der Waals surface area contributed by atoms with Crippen LogP contribution in [-0.2, 0) is 4.79 Å². The van der Waals surface area contributed by atoms with E-state index in [0.29, 0.717) is 17.8 Å². The molecule has 0 bridgehead atoms. The average molecular weight is 346 g/mol. The summed E-state index contributed by atoms with van der Waals surface area (Å²) in [6.45, 7) is 3.94. The van der Waals surface area contributed by atoms with E-state index in [1.54, 1.807) is 31.2 Å². The molecule has 25 heavy (non-hydrogen) atoms. The maximum absolute atomic E-state index is 12.2. The minimum Gasteiger partial charge on any atom is -0.355 e. The summed E-state index contributed by atoms with van der Waals surface area (Å²) in [7, 11) is 0. The maximum Gasteiger partial charge on any atom is 0.319 e. The number of nitrogens with one attached hydrogen (secondary N) is 4. The van der Waals surface area contributed by atoms with Gasteiger partial charge in [0, 0.05) is 23.8 Å². The molecule has 0 unspecified atom stereocenters. The molecule has 1 aliphatic rings. The van der Waals surface area contributed by atoms with Crippen LogP contribution in [0.25, 0.3) is 0 Å². The second-order valence-corrected chi connectivity index (χ2v) is 6.25. The third-order valence-electron chi connectivity index (χ3n) is 4.19. The molecule has 1 atom stereocenters. The molecule has 7 nitrogen and oxygen atoms in total. The lowest BCUT2D eigenvalue weighted by Crippen LogP contribution is -2.46. The Morgan fingerprint density at radius 3 is 2.36 bits per heavy atom. The van der Waals surface area contributed by atoms with E-state index in [4.69, 9.17) is 0 Å². The number of hydrogen-bond acceptors (Lipinski definition) is 3. The highest BCUT2D eigenvalue weighted by Crippen LogP contribution is 2.18. The van der Waals surface area contributed by atoms with E-state index in [-0.39, 0.29) is 17.9 Å². The predicted molar refractivity (Wildman–Crippen MR) is 96.5 cm³/mol. The van der Waals surface area contributed by atoms with Crippen LogP contribution in [-0.4, -0.2) is 36.5 Å². The van der Waals surface area contributed by atoms with E-state index in [9.17, 15) is 14.4 Å². The molecule has 1 saturated carbocycles. The van der Waals surface area contributed by atoms with Crippen molar-refractivity contribution < 1.29 is 14.4 Å². The minimum atomic E-state index is -0.628.